The van der Waals surface area contributed by atoms with Gasteiger partial charge >= 0.3 is 0 Å². The highest BCUT2D eigenvalue weighted by Gasteiger charge is 2.22. The number of amidine groups is 1. The summed E-state index contributed by atoms with van der Waals surface area (Å²) in [6.07, 6.45) is 2.65. The molecular weight excluding hydrogens is 250 g/mol. The molecular formula is C15H27N5. The van der Waals surface area contributed by atoms with Gasteiger partial charge in [0.25, 0.3) is 0 Å². The molecule has 1 aromatic heterocycles. The Labute approximate surface area is 122 Å². The Morgan fingerprint density at radius 1 is 1.20 bits per heavy atom. The van der Waals surface area contributed by atoms with Crippen LogP contribution in [0.4, 0.5) is 5.82 Å². The van der Waals surface area contributed by atoms with Crippen LogP contribution >= 0.6 is 0 Å². The van der Waals surface area contributed by atoms with E-state index in [1.807, 2.05) is 0 Å². The number of aromatic nitrogens is 2. The summed E-state index contributed by atoms with van der Waals surface area (Å²) in [6.45, 7) is 11.4. The van der Waals surface area contributed by atoms with Gasteiger partial charge in [-0.15, -0.1) is 5.10 Å². The Morgan fingerprint density at radius 2 is 1.85 bits per heavy atom. The molecule has 0 aliphatic heterocycles. The van der Waals surface area contributed by atoms with E-state index in [1.165, 1.54) is 0 Å². The van der Waals surface area contributed by atoms with Crippen molar-refractivity contribution in [1.82, 2.24) is 10.2 Å². The fraction of sp³-hybridized carbons (Fsp3) is 0.667. The van der Waals surface area contributed by atoms with Crippen molar-refractivity contribution in [2.75, 3.05) is 11.4 Å². The van der Waals surface area contributed by atoms with Gasteiger partial charge in [-0.3, -0.25) is 5.41 Å². The maximum absolute atomic E-state index is 7.94. The minimum absolute atomic E-state index is 0.0863. The predicted octanol–water partition coefficient (Wildman–Crippen LogP) is 2.51. The third kappa shape index (κ3) is 3.08. The lowest BCUT2D eigenvalue weighted by Gasteiger charge is -2.30. The number of nitrogens with zero attached hydrogens (tertiary/aromatic N) is 3. The lowest BCUT2D eigenvalue weighted by molar-refractivity contribution is 0.616. The van der Waals surface area contributed by atoms with Crippen LogP contribution in [0.5, 0.6) is 0 Å². The number of hydrogen-bond acceptors (Lipinski definition) is 4. The van der Waals surface area contributed by atoms with Crippen molar-refractivity contribution in [2.24, 2.45) is 5.73 Å². The highest BCUT2D eigenvalue weighted by molar-refractivity contribution is 6.01. The second kappa shape index (κ2) is 7.22. The van der Waals surface area contributed by atoms with Crippen LogP contribution in [0.1, 0.15) is 57.9 Å². The lowest BCUT2D eigenvalue weighted by atomic mass is 10.0. The van der Waals surface area contributed by atoms with Gasteiger partial charge < -0.3 is 10.6 Å². The normalized spacial score (nSPS) is 12.2. The molecule has 20 heavy (non-hydrogen) atoms. The van der Waals surface area contributed by atoms with Gasteiger partial charge in [-0.05, 0) is 38.7 Å². The molecule has 1 rings (SSSR count). The van der Waals surface area contributed by atoms with Crippen LogP contribution in [0.25, 0.3) is 0 Å². The molecule has 0 bridgehead atoms. The lowest BCUT2D eigenvalue weighted by Crippen LogP contribution is -2.36. The van der Waals surface area contributed by atoms with Gasteiger partial charge in [-0.1, -0.05) is 20.8 Å². The van der Waals surface area contributed by atoms with Crippen LogP contribution < -0.4 is 10.6 Å². The molecule has 1 unspecified atom stereocenters. The minimum Gasteiger partial charge on any atom is -0.384 e. The number of rotatable bonds is 7. The number of anilines is 1. The average Bonchev–Trinajstić information content (AvgIpc) is 2.46. The Balaban J connectivity index is 3.49. The van der Waals surface area contributed by atoms with E-state index < -0.39 is 0 Å². The van der Waals surface area contributed by atoms with Crippen LogP contribution in [0.15, 0.2) is 0 Å². The summed E-state index contributed by atoms with van der Waals surface area (Å²) in [5, 5.41) is 16.7. The molecule has 0 spiro atoms. The van der Waals surface area contributed by atoms with E-state index in [2.05, 4.69) is 49.7 Å². The zero-order valence-electron chi connectivity index (χ0n) is 13.3. The van der Waals surface area contributed by atoms with Gasteiger partial charge in [0, 0.05) is 12.6 Å². The SMILES string of the molecule is CCc1nnc(N(CC)C(C)CC)c(C(=N)N)c1CC. The molecule has 0 aromatic carbocycles. The number of nitrogen functional groups attached to an aromatic ring is 1. The van der Waals surface area contributed by atoms with E-state index in [0.29, 0.717) is 6.04 Å². The second-order valence-electron chi connectivity index (χ2n) is 4.99. The molecule has 5 nitrogen and oxygen atoms in total. The molecule has 0 fully saturated rings. The fourth-order valence-electron chi connectivity index (χ4n) is 2.54. The summed E-state index contributed by atoms with van der Waals surface area (Å²) in [5.74, 6) is 0.839. The minimum atomic E-state index is 0.0863. The highest BCUT2D eigenvalue weighted by atomic mass is 15.3. The Morgan fingerprint density at radius 3 is 2.25 bits per heavy atom. The molecule has 1 atom stereocenters. The molecule has 0 aliphatic rings. The second-order valence-corrected chi connectivity index (χ2v) is 4.99. The molecule has 0 amide bonds. The van der Waals surface area contributed by atoms with E-state index in [9.17, 15) is 0 Å². The summed E-state index contributed by atoms with van der Waals surface area (Å²) in [4.78, 5) is 2.18. The number of aryl methyl sites for hydroxylation is 1. The highest BCUT2D eigenvalue weighted by Crippen LogP contribution is 2.25. The quantitative estimate of drug-likeness (QED) is 0.593. The van der Waals surface area contributed by atoms with Crippen molar-refractivity contribution >= 4 is 11.7 Å². The van der Waals surface area contributed by atoms with E-state index in [4.69, 9.17) is 11.1 Å². The third-order valence-electron chi connectivity index (χ3n) is 3.83. The Hall–Kier alpha value is -1.65. The maximum Gasteiger partial charge on any atom is 0.162 e. The number of hydrogen-bond donors (Lipinski definition) is 2. The summed E-state index contributed by atoms with van der Waals surface area (Å²) in [6, 6.07) is 0.351. The van der Waals surface area contributed by atoms with Crippen molar-refractivity contribution in [2.45, 2.75) is 59.9 Å². The molecule has 5 heteroatoms. The number of nitrogens with one attached hydrogen (secondary N) is 1. The van der Waals surface area contributed by atoms with Crippen molar-refractivity contribution in [1.29, 1.82) is 5.41 Å². The van der Waals surface area contributed by atoms with Gasteiger partial charge in [0.1, 0.15) is 5.84 Å². The first-order valence-electron chi connectivity index (χ1n) is 7.51. The zero-order valence-corrected chi connectivity index (χ0v) is 13.3. The van der Waals surface area contributed by atoms with Crippen molar-refractivity contribution in [3.8, 4) is 0 Å². The van der Waals surface area contributed by atoms with Crippen LogP contribution in [0.2, 0.25) is 0 Å². The Kier molecular flexibility index (Phi) is 5.92. The van der Waals surface area contributed by atoms with Crippen LogP contribution in [0, 0.1) is 5.41 Å². The van der Waals surface area contributed by atoms with E-state index in [-0.39, 0.29) is 5.84 Å². The molecule has 0 saturated heterocycles. The number of nitrogens with two attached hydrogens (primary N) is 1. The monoisotopic (exact) mass is 277 g/mol. The molecule has 1 aromatic rings. The summed E-state index contributed by atoms with van der Waals surface area (Å²) >= 11 is 0. The molecule has 112 valence electrons. The summed E-state index contributed by atoms with van der Waals surface area (Å²) in [7, 11) is 0. The summed E-state index contributed by atoms with van der Waals surface area (Å²) in [5.41, 5.74) is 8.61. The zero-order chi connectivity index (χ0) is 15.3. The van der Waals surface area contributed by atoms with E-state index >= 15 is 0 Å². The first-order valence-corrected chi connectivity index (χ1v) is 7.51. The first kappa shape index (κ1) is 16.4. The van der Waals surface area contributed by atoms with Crippen LogP contribution in [0.3, 0.4) is 0 Å². The van der Waals surface area contributed by atoms with Crippen molar-refractivity contribution in [3.05, 3.63) is 16.8 Å². The van der Waals surface area contributed by atoms with Crippen LogP contribution in [-0.2, 0) is 12.8 Å². The van der Waals surface area contributed by atoms with Gasteiger partial charge in [0.15, 0.2) is 5.82 Å². The van der Waals surface area contributed by atoms with Crippen molar-refractivity contribution in [3.63, 3.8) is 0 Å². The molecule has 1 heterocycles. The van der Waals surface area contributed by atoms with Crippen molar-refractivity contribution < 1.29 is 0 Å². The van der Waals surface area contributed by atoms with Gasteiger partial charge in [0.05, 0.1) is 11.3 Å². The van der Waals surface area contributed by atoms with Gasteiger partial charge in [-0.2, -0.15) is 5.10 Å². The van der Waals surface area contributed by atoms with Gasteiger partial charge in [0.2, 0.25) is 0 Å². The van der Waals surface area contributed by atoms with E-state index in [1.54, 1.807) is 0 Å². The standard InChI is InChI=1S/C15H27N5/c1-6-10(5)20(9-4)15-13(14(16)17)11(7-2)12(8-3)18-19-15/h10H,6-9H2,1-5H3,(H3,16,17). The summed E-state index contributed by atoms with van der Waals surface area (Å²) < 4.78 is 0. The Bertz CT molecular complexity index is 470. The largest absolute Gasteiger partial charge is 0.384 e. The first-order chi connectivity index (χ1) is 9.51. The maximum atomic E-state index is 7.94. The average molecular weight is 277 g/mol. The molecule has 0 radical (unpaired) electrons. The molecule has 3 N–H and O–H groups in total. The van der Waals surface area contributed by atoms with Gasteiger partial charge in [-0.25, -0.2) is 0 Å². The fourth-order valence-corrected chi connectivity index (χ4v) is 2.54. The topological polar surface area (TPSA) is 78.9 Å². The predicted molar refractivity (Wildman–Crippen MR) is 84.6 cm³/mol. The smallest absolute Gasteiger partial charge is 0.162 e. The molecule has 0 saturated carbocycles. The molecule has 0 aliphatic carbocycles. The van der Waals surface area contributed by atoms with E-state index in [0.717, 1.165) is 48.4 Å². The van der Waals surface area contributed by atoms with Crippen LogP contribution in [-0.4, -0.2) is 28.6 Å². The third-order valence-corrected chi connectivity index (χ3v) is 3.83.